The van der Waals surface area contributed by atoms with Crippen LogP contribution in [0.25, 0.3) is 82.1 Å². The summed E-state index contributed by atoms with van der Waals surface area (Å²) in [4.78, 5) is 3.86. The quantitative estimate of drug-likeness (QED) is 0.181. The first-order chi connectivity index (χ1) is 24.7. The number of benzene rings is 7. The van der Waals surface area contributed by atoms with Gasteiger partial charge in [-0.3, -0.25) is 0 Å². The Morgan fingerprint density at radius 1 is 0.480 bits per heavy atom. The van der Waals surface area contributed by atoms with E-state index in [9.17, 15) is 10.5 Å². The molecule has 2 heterocycles. The Kier molecular flexibility index (Phi) is 6.56. The number of fused-ring (bicyclic) bond motifs is 6. The minimum absolute atomic E-state index is 0.540. The highest BCUT2D eigenvalue weighted by Gasteiger charge is 2.18. The van der Waals surface area contributed by atoms with Crippen molar-refractivity contribution in [1.29, 1.82) is 10.5 Å². The molecule has 0 aliphatic carbocycles. The van der Waals surface area contributed by atoms with E-state index in [1.165, 1.54) is 10.8 Å². The molecule has 0 spiro atoms. The highest BCUT2D eigenvalue weighted by Crippen LogP contribution is 2.40. The lowest BCUT2D eigenvalue weighted by atomic mass is 9.95. The summed E-state index contributed by atoms with van der Waals surface area (Å²) < 4.78 is 4.42. The van der Waals surface area contributed by atoms with Crippen LogP contribution in [0.1, 0.15) is 11.1 Å². The molecule has 9 rings (SSSR count). The second-order valence-corrected chi connectivity index (χ2v) is 12.3. The Hall–Kier alpha value is -7.39. The Morgan fingerprint density at radius 3 is 1.90 bits per heavy atom. The van der Waals surface area contributed by atoms with Gasteiger partial charge in [-0.1, -0.05) is 84.9 Å². The fourth-order valence-corrected chi connectivity index (χ4v) is 7.41. The number of nitriles is 2. The summed E-state index contributed by atoms with van der Waals surface area (Å²) in [6.07, 6.45) is 0. The second-order valence-electron chi connectivity index (χ2n) is 12.3. The molecule has 0 bridgehead atoms. The molecule has 0 atom stereocenters. The summed E-state index contributed by atoms with van der Waals surface area (Å²) in [6, 6.07) is 55.6. The molecule has 0 aliphatic heterocycles. The molecule has 0 fully saturated rings. The first kappa shape index (κ1) is 28.8. The molecule has 2 aromatic heterocycles. The van der Waals surface area contributed by atoms with Gasteiger partial charge >= 0.3 is 0 Å². The summed E-state index contributed by atoms with van der Waals surface area (Å²) >= 11 is 0. The number of para-hydroxylation sites is 4. The topological polar surface area (TPSA) is 61.8 Å². The number of nitrogens with zero attached hydrogens (tertiary/aromatic N) is 5. The summed E-state index contributed by atoms with van der Waals surface area (Å²) in [6.45, 7) is 7.95. The van der Waals surface area contributed by atoms with Crippen LogP contribution < -0.4 is 0 Å². The van der Waals surface area contributed by atoms with Gasteiger partial charge in [-0.05, 0) is 88.8 Å². The fraction of sp³-hybridized carbons (Fsp3) is 0. The van der Waals surface area contributed by atoms with Crippen molar-refractivity contribution in [3.63, 3.8) is 0 Å². The van der Waals surface area contributed by atoms with E-state index in [4.69, 9.17) is 6.57 Å². The maximum atomic E-state index is 10.2. The zero-order valence-electron chi connectivity index (χ0n) is 26.7. The third-order valence-electron chi connectivity index (χ3n) is 9.55. The van der Waals surface area contributed by atoms with Crippen molar-refractivity contribution in [2.75, 3.05) is 0 Å². The number of hydrogen-bond donors (Lipinski definition) is 0. The van der Waals surface area contributed by atoms with Gasteiger partial charge in [0.05, 0.1) is 57.6 Å². The lowest BCUT2D eigenvalue weighted by Crippen LogP contribution is -1.98. The van der Waals surface area contributed by atoms with Crippen LogP contribution in [0.2, 0.25) is 0 Å². The predicted molar refractivity (Wildman–Crippen MR) is 202 cm³/mol. The van der Waals surface area contributed by atoms with Gasteiger partial charge in [0.1, 0.15) is 0 Å². The Morgan fingerprint density at radius 2 is 1.14 bits per heavy atom. The summed E-state index contributed by atoms with van der Waals surface area (Å²) in [7, 11) is 0. The molecule has 50 heavy (non-hydrogen) atoms. The standard InChI is InChI=1S/C45H25N5/c1-48-40-16-9-15-38-39-24-29(27-46)20-21-44(39)49(45(38)40)34-11-8-10-31(26-34)32-22-30(28-47)23-33(25-32)35-12-2-5-17-41(35)50-42-18-6-3-13-36(42)37-14-4-7-19-43(37)50/h2-26H. The first-order valence-electron chi connectivity index (χ1n) is 16.3. The minimum Gasteiger partial charge on any atom is -0.319 e. The van der Waals surface area contributed by atoms with E-state index in [0.29, 0.717) is 16.8 Å². The maximum absolute atomic E-state index is 10.2. The normalized spacial score (nSPS) is 11.1. The minimum atomic E-state index is 0.540. The maximum Gasteiger partial charge on any atom is 0.211 e. The first-order valence-corrected chi connectivity index (χ1v) is 16.3. The van der Waals surface area contributed by atoms with Crippen LogP contribution in [0.4, 0.5) is 5.69 Å². The molecule has 9 aromatic rings. The summed E-state index contributed by atoms with van der Waals surface area (Å²) in [5.41, 5.74) is 11.4. The van der Waals surface area contributed by atoms with E-state index in [1.807, 2.05) is 66.7 Å². The number of hydrogen-bond acceptors (Lipinski definition) is 2. The monoisotopic (exact) mass is 635 g/mol. The van der Waals surface area contributed by atoms with E-state index in [-0.39, 0.29) is 0 Å². The number of rotatable bonds is 4. The SMILES string of the molecule is [C-]#[N+]c1cccc2c3cc(C#N)ccc3n(-c3cccc(-c4cc(C#N)cc(-c5ccccc5-n5c6ccccc6c6ccccc65)c4)c3)c12. The van der Waals surface area contributed by atoms with Crippen LogP contribution in [0.3, 0.4) is 0 Å². The molecule has 0 radical (unpaired) electrons. The van der Waals surface area contributed by atoms with E-state index in [1.54, 1.807) is 0 Å². The lowest BCUT2D eigenvalue weighted by molar-refractivity contribution is 1.18. The molecule has 0 saturated carbocycles. The van der Waals surface area contributed by atoms with Crippen molar-refractivity contribution in [1.82, 2.24) is 9.13 Å². The fourth-order valence-electron chi connectivity index (χ4n) is 7.41. The molecule has 0 aliphatic rings. The molecular formula is C45H25N5. The third-order valence-corrected chi connectivity index (χ3v) is 9.55. The molecule has 0 saturated heterocycles. The highest BCUT2D eigenvalue weighted by atomic mass is 15.0. The Labute approximate surface area is 288 Å². The Bertz CT molecular complexity index is 2920. The molecule has 0 N–H and O–H groups in total. The van der Waals surface area contributed by atoms with Gasteiger partial charge in [0, 0.05) is 27.4 Å². The van der Waals surface area contributed by atoms with Gasteiger partial charge in [0.2, 0.25) is 5.69 Å². The summed E-state index contributed by atoms with van der Waals surface area (Å²) in [5.74, 6) is 0. The van der Waals surface area contributed by atoms with Gasteiger partial charge in [-0.2, -0.15) is 10.5 Å². The van der Waals surface area contributed by atoms with Crippen molar-refractivity contribution < 1.29 is 0 Å². The van der Waals surface area contributed by atoms with Gasteiger partial charge in [0.15, 0.2) is 0 Å². The molecule has 230 valence electrons. The van der Waals surface area contributed by atoms with E-state index < -0.39 is 0 Å². The van der Waals surface area contributed by atoms with Gasteiger partial charge in [-0.15, -0.1) is 0 Å². The average molecular weight is 636 g/mol. The summed E-state index contributed by atoms with van der Waals surface area (Å²) in [5, 5.41) is 24.1. The van der Waals surface area contributed by atoms with E-state index >= 15 is 0 Å². The van der Waals surface area contributed by atoms with Crippen LogP contribution in [0.5, 0.6) is 0 Å². The highest BCUT2D eigenvalue weighted by molar-refractivity contribution is 6.14. The molecule has 7 aromatic carbocycles. The molecule has 5 nitrogen and oxygen atoms in total. The Balaban J connectivity index is 1.25. The second kappa shape index (κ2) is 11.4. The van der Waals surface area contributed by atoms with Crippen LogP contribution >= 0.6 is 0 Å². The smallest absolute Gasteiger partial charge is 0.211 e. The molecular weight excluding hydrogens is 611 g/mol. The average Bonchev–Trinajstić information content (AvgIpc) is 3.70. The lowest BCUT2D eigenvalue weighted by Gasteiger charge is -2.16. The van der Waals surface area contributed by atoms with Crippen LogP contribution in [0.15, 0.2) is 152 Å². The van der Waals surface area contributed by atoms with E-state index in [0.717, 1.165) is 66.5 Å². The van der Waals surface area contributed by atoms with Crippen molar-refractivity contribution in [2.45, 2.75) is 0 Å². The van der Waals surface area contributed by atoms with Crippen molar-refractivity contribution in [3.8, 4) is 45.8 Å². The molecule has 5 heteroatoms. The van der Waals surface area contributed by atoms with Crippen molar-refractivity contribution >= 4 is 49.3 Å². The zero-order chi connectivity index (χ0) is 33.8. The van der Waals surface area contributed by atoms with Gasteiger partial charge < -0.3 is 9.13 Å². The van der Waals surface area contributed by atoms with Crippen LogP contribution in [-0.4, -0.2) is 9.13 Å². The zero-order valence-corrected chi connectivity index (χ0v) is 26.7. The van der Waals surface area contributed by atoms with Crippen LogP contribution in [-0.2, 0) is 0 Å². The van der Waals surface area contributed by atoms with E-state index in [2.05, 4.69) is 111 Å². The number of aromatic nitrogens is 2. The predicted octanol–water partition coefficient (Wildman–Crippen LogP) is 11.5. The molecule has 0 unspecified atom stereocenters. The molecule has 0 amide bonds. The van der Waals surface area contributed by atoms with Crippen molar-refractivity contribution in [3.05, 3.63) is 174 Å². The van der Waals surface area contributed by atoms with Crippen LogP contribution in [0, 0.1) is 29.2 Å². The third kappa shape index (κ3) is 4.38. The largest absolute Gasteiger partial charge is 0.319 e. The van der Waals surface area contributed by atoms with Gasteiger partial charge in [-0.25, -0.2) is 4.85 Å². The van der Waals surface area contributed by atoms with Crippen molar-refractivity contribution in [2.24, 2.45) is 0 Å². The van der Waals surface area contributed by atoms with Gasteiger partial charge in [0.25, 0.3) is 0 Å².